The van der Waals surface area contributed by atoms with Gasteiger partial charge in [0.25, 0.3) is 0 Å². The summed E-state index contributed by atoms with van der Waals surface area (Å²) in [7, 11) is 0. The van der Waals surface area contributed by atoms with Gasteiger partial charge in [0, 0.05) is 22.6 Å². The smallest absolute Gasteiger partial charge is 0.111 e. The Balaban J connectivity index is 2.03. The Kier molecular flexibility index (Phi) is 3.75. The summed E-state index contributed by atoms with van der Waals surface area (Å²) in [5.41, 5.74) is 1.07. The molecule has 0 spiro atoms. The third kappa shape index (κ3) is 3.04. The molecular formula is C11H9BrN2S. The molecule has 0 aromatic carbocycles. The van der Waals surface area contributed by atoms with Gasteiger partial charge in [0.1, 0.15) is 5.03 Å². The molecule has 0 aliphatic heterocycles. The van der Waals surface area contributed by atoms with Crippen molar-refractivity contribution in [2.45, 2.75) is 10.8 Å². The first-order chi connectivity index (χ1) is 7.36. The number of hydrogen-bond acceptors (Lipinski definition) is 3. The quantitative estimate of drug-likeness (QED) is 0.805. The summed E-state index contributed by atoms with van der Waals surface area (Å²) in [6.45, 7) is 0. The van der Waals surface area contributed by atoms with E-state index in [0.717, 1.165) is 20.9 Å². The summed E-state index contributed by atoms with van der Waals surface area (Å²) < 4.78 is 1.03. The Morgan fingerprint density at radius 1 is 1.07 bits per heavy atom. The number of halogens is 1. The summed E-state index contributed by atoms with van der Waals surface area (Å²) in [5, 5.41) is 1.00. The highest BCUT2D eigenvalue weighted by atomic mass is 79.9. The summed E-state index contributed by atoms with van der Waals surface area (Å²) in [4.78, 5) is 8.54. The number of rotatable bonds is 3. The van der Waals surface area contributed by atoms with E-state index in [1.807, 2.05) is 36.5 Å². The van der Waals surface area contributed by atoms with E-state index in [4.69, 9.17) is 0 Å². The van der Waals surface area contributed by atoms with E-state index >= 15 is 0 Å². The molecule has 2 nitrogen and oxygen atoms in total. The van der Waals surface area contributed by atoms with Gasteiger partial charge in [-0.1, -0.05) is 17.8 Å². The molecule has 4 heteroatoms. The Morgan fingerprint density at radius 3 is 2.67 bits per heavy atom. The molecule has 2 aromatic rings. The van der Waals surface area contributed by atoms with Gasteiger partial charge in [0.2, 0.25) is 0 Å². The van der Waals surface area contributed by atoms with Crippen LogP contribution in [-0.4, -0.2) is 9.97 Å². The van der Waals surface area contributed by atoms with Gasteiger partial charge >= 0.3 is 0 Å². The lowest BCUT2D eigenvalue weighted by molar-refractivity contribution is 1.10. The van der Waals surface area contributed by atoms with Gasteiger partial charge in [-0.15, -0.1) is 0 Å². The predicted octanol–water partition coefficient (Wildman–Crippen LogP) is 3.53. The first-order valence-electron chi connectivity index (χ1n) is 4.49. The average molecular weight is 281 g/mol. The van der Waals surface area contributed by atoms with Gasteiger partial charge in [-0.25, -0.2) is 4.98 Å². The minimum absolute atomic E-state index is 0.844. The van der Waals surface area contributed by atoms with E-state index in [0.29, 0.717) is 0 Å². The van der Waals surface area contributed by atoms with Gasteiger partial charge in [-0.2, -0.15) is 0 Å². The highest BCUT2D eigenvalue weighted by molar-refractivity contribution is 9.10. The zero-order valence-corrected chi connectivity index (χ0v) is 10.3. The van der Waals surface area contributed by atoms with Crippen molar-refractivity contribution in [3.05, 3.63) is 52.9 Å². The van der Waals surface area contributed by atoms with Crippen LogP contribution in [0, 0.1) is 0 Å². The molecule has 76 valence electrons. The van der Waals surface area contributed by atoms with Crippen LogP contribution in [0.15, 0.2) is 52.2 Å². The second-order valence-electron chi connectivity index (χ2n) is 2.90. The molecule has 0 unspecified atom stereocenters. The van der Waals surface area contributed by atoms with Crippen molar-refractivity contribution < 1.29 is 0 Å². The Bertz CT molecular complexity index is 434. The molecule has 0 radical (unpaired) electrons. The van der Waals surface area contributed by atoms with Gasteiger partial charge in [-0.05, 0) is 40.2 Å². The summed E-state index contributed by atoms with van der Waals surface area (Å²) in [6.07, 6.45) is 3.61. The van der Waals surface area contributed by atoms with Crippen molar-refractivity contribution in [1.82, 2.24) is 9.97 Å². The van der Waals surface area contributed by atoms with E-state index in [1.54, 1.807) is 18.0 Å². The molecule has 2 rings (SSSR count). The summed E-state index contributed by atoms with van der Waals surface area (Å²) in [6, 6.07) is 9.84. The fraction of sp³-hybridized carbons (Fsp3) is 0.0909. The Hall–Kier alpha value is -0.870. The zero-order chi connectivity index (χ0) is 10.5. The Labute approximate surface area is 101 Å². The third-order valence-electron chi connectivity index (χ3n) is 1.81. The highest BCUT2D eigenvalue weighted by Crippen LogP contribution is 2.26. The van der Waals surface area contributed by atoms with Crippen LogP contribution >= 0.6 is 27.7 Å². The normalized spacial score (nSPS) is 10.2. The van der Waals surface area contributed by atoms with Crippen LogP contribution < -0.4 is 0 Å². The molecule has 0 saturated carbocycles. The molecule has 2 aromatic heterocycles. The largest absolute Gasteiger partial charge is 0.260 e. The summed E-state index contributed by atoms with van der Waals surface area (Å²) >= 11 is 5.15. The first-order valence-corrected chi connectivity index (χ1v) is 6.27. The number of thioether (sulfide) groups is 1. The van der Waals surface area contributed by atoms with E-state index < -0.39 is 0 Å². The number of aromatic nitrogens is 2. The van der Waals surface area contributed by atoms with Crippen LogP contribution in [0.5, 0.6) is 0 Å². The number of hydrogen-bond donors (Lipinski definition) is 0. The molecule has 0 saturated heterocycles. The van der Waals surface area contributed by atoms with Crippen LogP contribution in [0.2, 0.25) is 0 Å². The molecule has 15 heavy (non-hydrogen) atoms. The predicted molar refractivity (Wildman–Crippen MR) is 65.7 cm³/mol. The van der Waals surface area contributed by atoms with E-state index in [-0.39, 0.29) is 0 Å². The Morgan fingerprint density at radius 2 is 1.93 bits per heavy atom. The fourth-order valence-electron chi connectivity index (χ4n) is 1.10. The SMILES string of the molecule is Brc1cccnc1SCc1ccccn1. The van der Waals surface area contributed by atoms with Gasteiger partial charge in [0.15, 0.2) is 0 Å². The van der Waals surface area contributed by atoms with Crippen molar-refractivity contribution in [1.29, 1.82) is 0 Å². The lowest BCUT2D eigenvalue weighted by Gasteiger charge is -2.01. The molecule has 0 bridgehead atoms. The van der Waals surface area contributed by atoms with Crippen LogP contribution in [0.1, 0.15) is 5.69 Å². The molecule has 2 heterocycles. The van der Waals surface area contributed by atoms with Crippen LogP contribution in [0.3, 0.4) is 0 Å². The topological polar surface area (TPSA) is 25.8 Å². The zero-order valence-electron chi connectivity index (χ0n) is 7.93. The monoisotopic (exact) mass is 280 g/mol. The maximum Gasteiger partial charge on any atom is 0.111 e. The van der Waals surface area contributed by atoms with Crippen LogP contribution in [0.4, 0.5) is 0 Å². The molecule has 0 N–H and O–H groups in total. The van der Waals surface area contributed by atoms with Crippen molar-refractivity contribution in [3.63, 3.8) is 0 Å². The summed E-state index contributed by atoms with van der Waals surface area (Å²) in [5.74, 6) is 0.844. The standard InChI is InChI=1S/C11H9BrN2S/c12-10-5-3-7-14-11(10)15-8-9-4-1-2-6-13-9/h1-7H,8H2. The van der Waals surface area contributed by atoms with E-state index in [2.05, 4.69) is 25.9 Å². The van der Waals surface area contributed by atoms with Crippen molar-refractivity contribution >= 4 is 27.7 Å². The molecule has 0 atom stereocenters. The minimum Gasteiger partial charge on any atom is -0.260 e. The van der Waals surface area contributed by atoms with Crippen LogP contribution in [0.25, 0.3) is 0 Å². The number of nitrogens with zero attached hydrogens (tertiary/aromatic N) is 2. The lowest BCUT2D eigenvalue weighted by Crippen LogP contribution is -1.86. The maximum atomic E-state index is 4.28. The second kappa shape index (κ2) is 5.28. The number of pyridine rings is 2. The van der Waals surface area contributed by atoms with Gasteiger partial charge in [-0.3, -0.25) is 4.98 Å². The van der Waals surface area contributed by atoms with Crippen LogP contribution in [-0.2, 0) is 5.75 Å². The molecule has 0 amide bonds. The van der Waals surface area contributed by atoms with Crippen molar-refractivity contribution in [3.8, 4) is 0 Å². The molecule has 0 aliphatic carbocycles. The highest BCUT2D eigenvalue weighted by Gasteiger charge is 2.01. The minimum atomic E-state index is 0.844. The van der Waals surface area contributed by atoms with Gasteiger partial charge in [0.05, 0.1) is 5.69 Å². The van der Waals surface area contributed by atoms with Crippen molar-refractivity contribution in [2.75, 3.05) is 0 Å². The second-order valence-corrected chi connectivity index (χ2v) is 4.72. The van der Waals surface area contributed by atoms with E-state index in [1.165, 1.54) is 0 Å². The van der Waals surface area contributed by atoms with E-state index in [9.17, 15) is 0 Å². The first kappa shape index (κ1) is 10.6. The maximum absolute atomic E-state index is 4.28. The molecule has 0 fully saturated rings. The third-order valence-corrected chi connectivity index (χ3v) is 3.75. The lowest BCUT2D eigenvalue weighted by atomic mass is 10.4. The van der Waals surface area contributed by atoms with Crippen molar-refractivity contribution in [2.24, 2.45) is 0 Å². The molecule has 0 aliphatic rings. The molecular weight excluding hydrogens is 272 g/mol. The van der Waals surface area contributed by atoms with Gasteiger partial charge < -0.3 is 0 Å². The fourth-order valence-corrected chi connectivity index (χ4v) is 2.50. The average Bonchev–Trinajstić information content (AvgIpc) is 2.29.